The maximum Gasteiger partial charge on any atom is 0.222 e. The van der Waals surface area contributed by atoms with E-state index in [0.29, 0.717) is 23.9 Å². The number of rotatable bonds is 3. The van der Waals surface area contributed by atoms with E-state index < -0.39 is 0 Å². The fourth-order valence-corrected chi connectivity index (χ4v) is 4.44. The summed E-state index contributed by atoms with van der Waals surface area (Å²) in [6.45, 7) is 4.23. The van der Waals surface area contributed by atoms with Crippen LogP contribution < -0.4 is 5.32 Å². The maximum absolute atomic E-state index is 12.6. The first-order valence-electron chi connectivity index (χ1n) is 8.76. The summed E-state index contributed by atoms with van der Waals surface area (Å²) >= 11 is 0. The second-order valence-corrected chi connectivity index (χ2v) is 7.35. The van der Waals surface area contributed by atoms with E-state index in [4.69, 9.17) is 0 Å². The van der Waals surface area contributed by atoms with E-state index in [2.05, 4.69) is 17.1 Å². The Morgan fingerprint density at radius 2 is 1.81 bits per heavy atom. The SMILES string of the molecule is CC(CC(=O)N1CCC2CCC(C1)N2)C1CCCCC1.Cl. The van der Waals surface area contributed by atoms with Crippen molar-refractivity contribution in [1.82, 2.24) is 10.2 Å². The molecule has 0 spiro atoms. The number of halogens is 1. The molecule has 1 N–H and O–H groups in total. The Labute approximate surface area is 135 Å². The van der Waals surface area contributed by atoms with Crippen LogP contribution in [0.1, 0.15) is 64.7 Å². The topological polar surface area (TPSA) is 32.3 Å². The molecule has 1 aliphatic carbocycles. The lowest BCUT2D eigenvalue weighted by atomic mass is 9.79. The van der Waals surface area contributed by atoms with Crippen molar-refractivity contribution < 1.29 is 4.79 Å². The van der Waals surface area contributed by atoms with Gasteiger partial charge in [0, 0.05) is 31.6 Å². The molecule has 122 valence electrons. The van der Waals surface area contributed by atoms with Crippen LogP contribution in [0.4, 0.5) is 0 Å². The van der Waals surface area contributed by atoms with Crippen molar-refractivity contribution >= 4 is 18.3 Å². The molecule has 0 radical (unpaired) electrons. The number of amides is 1. The summed E-state index contributed by atoms with van der Waals surface area (Å²) in [6, 6.07) is 1.24. The number of carbonyl (C=O) groups is 1. The van der Waals surface area contributed by atoms with Gasteiger partial charge < -0.3 is 10.2 Å². The molecule has 0 aromatic rings. The van der Waals surface area contributed by atoms with Gasteiger partial charge in [-0.05, 0) is 31.1 Å². The Morgan fingerprint density at radius 3 is 2.57 bits per heavy atom. The van der Waals surface area contributed by atoms with Crippen LogP contribution in [0.3, 0.4) is 0 Å². The van der Waals surface area contributed by atoms with Crippen LogP contribution in [0, 0.1) is 11.8 Å². The van der Waals surface area contributed by atoms with E-state index in [-0.39, 0.29) is 12.4 Å². The first kappa shape index (κ1) is 17.1. The number of hydrogen-bond acceptors (Lipinski definition) is 2. The van der Waals surface area contributed by atoms with Crippen molar-refractivity contribution in [2.75, 3.05) is 13.1 Å². The van der Waals surface area contributed by atoms with E-state index in [1.807, 2.05) is 0 Å². The highest BCUT2D eigenvalue weighted by Crippen LogP contribution is 2.32. The van der Waals surface area contributed by atoms with Gasteiger partial charge in [0.05, 0.1) is 0 Å². The lowest BCUT2D eigenvalue weighted by Gasteiger charge is -2.30. The molecule has 1 saturated carbocycles. The van der Waals surface area contributed by atoms with Crippen LogP contribution in [0.25, 0.3) is 0 Å². The number of fused-ring (bicyclic) bond motifs is 2. The maximum atomic E-state index is 12.6. The molecule has 3 fully saturated rings. The van der Waals surface area contributed by atoms with Crippen molar-refractivity contribution in [2.24, 2.45) is 11.8 Å². The minimum absolute atomic E-state index is 0. The third-order valence-electron chi connectivity index (χ3n) is 5.83. The van der Waals surface area contributed by atoms with Gasteiger partial charge in [0.15, 0.2) is 0 Å². The Bertz CT molecular complexity index is 344. The van der Waals surface area contributed by atoms with Gasteiger partial charge in [0.2, 0.25) is 5.91 Å². The van der Waals surface area contributed by atoms with E-state index in [9.17, 15) is 4.79 Å². The summed E-state index contributed by atoms with van der Waals surface area (Å²) in [4.78, 5) is 14.7. The molecule has 2 heterocycles. The quantitative estimate of drug-likeness (QED) is 0.866. The first-order valence-corrected chi connectivity index (χ1v) is 8.76. The van der Waals surface area contributed by atoms with Crippen molar-refractivity contribution in [2.45, 2.75) is 76.8 Å². The van der Waals surface area contributed by atoms with Crippen LogP contribution in [-0.2, 0) is 4.79 Å². The van der Waals surface area contributed by atoms with Crippen LogP contribution in [0.15, 0.2) is 0 Å². The molecule has 3 unspecified atom stereocenters. The van der Waals surface area contributed by atoms with E-state index >= 15 is 0 Å². The number of carbonyl (C=O) groups excluding carboxylic acids is 1. The highest BCUT2D eigenvalue weighted by Gasteiger charge is 2.32. The average molecular weight is 315 g/mol. The highest BCUT2D eigenvalue weighted by molar-refractivity contribution is 5.85. The minimum atomic E-state index is 0. The number of likely N-dealkylation sites (tertiary alicyclic amines) is 1. The molecule has 3 aliphatic rings. The molecule has 3 rings (SSSR count). The molecule has 21 heavy (non-hydrogen) atoms. The Balaban J connectivity index is 0.00000161. The van der Waals surface area contributed by atoms with Gasteiger partial charge in [0.25, 0.3) is 0 Å². The predicted molar refractivity (Wildman–Crippen MR) is 88.7 cm³/mol. The van der Waals surface area contributed by atoms with Crippen molar-refractivity contribution in [1.29, 1.82) is 0 Å². The van der Waals surface area contributed by atoms with Crippen molar-refractivity contribution in [3.8, 4) is 0 Å². The van der Waals surface area contributed by atoms with Gasteiger partial charge in [-0.1, -0.05) is 39.0 Å². The molecule has 1 amide bonds. The zero-order valence-corrected chi connectivity index (χ0v) is 14.2. The summed E-state index contributed by atoms with van der Waals surface area (Å²) in [6.07, 6.45) is 11.3. The van der Waals surface area contributed by atoms with Gasteiger partial charge in [0.1, 0.15) is 0 Å². The van der Waals surface area contributed by atoms with Gasteiger partial charge in [-0.2, -0.15) is 0 Å². The number of nitrogens with zero attached hydrogens (tertiary/aromatic N) is 1. The minimum Gasteiger partial charge on any atom is -0.341 e. The molecule has 0 aromatic carbocycles. The van der Waals surface area contributed by atoms with Gasteiger partial charge in [-0.25, -0.2) is 0 Å². The molecular weight excluding hydrogens is 284 g/mol. The molecule has 2 bridgehead atoms. The number of nitrogens with one attached hydrogen (secondary N) is 1. The highest BCUT2D eigenvalue weighted by atomic mass is 35.5. The second-order valence-electron chi connectivity index (χ2n) is 7.35. The summed E-state index contributed by atoms with van der Waals surface area (Å²) in [7, 11) is 0. The zero-order valence-electron chi connectivity index (χ0n) is 13.4. The monoisotopic (exact) mass is 314 g/mol. The zero-order chi connectivity index (χ0) is 13.9. The molecular formula is C17H31ClN2O. The third-order valence-corrected chi connectivity index (χ3v) is 5.83. The van der Waals surface area contributed by atoms with Gasteiger partial charge in [-0.15, -0.1) is 12.4 Å². The normalized spacial score (nSPS) is 31.4. The van der Waals surface area contributed by atoms with Crippen LogP contribution in [0.2, 0.25) is 0 Å². The average Bonchev–Trinajstić information content (AvgIpc) is 2.79. The fourth-order valence-electron chi connectivity index (χ4n) is 4.44. The van der Waals surface area contributed by atoms with Gasteiger partial charge in [-0.3, -0.25) is 4.79 Å². The molecule has 2 saturated heterocycles. The largest absolute Gasteiger partial charge is 0.341 e. The Hall–Kier alpha value is -0.280. The fraction of sp³-hybridized carbons (Fsp3) is 0.941. The number of hydrogen-bond donors (Lipinski definition) is 1. The second kappa shape index (κ2) is 7.82. The molecule has 2 aliphatic heterocycles. The Kier molecular flexibility index (Phi) is 6.36. The summed E-state index contributed by atoms with van der Waals surface area (Å²) in [5.41, 5.74) is 0. The van der Waals surface area contributed by atoms with Crippen molar-refractivity contribution in [3.05, 3.63) is 0 Å². The van der Waals surface area contributed by atoms with E-state index in [1.165, 1.54) is 44.9 Å². The standard InChI is InChI=1S/C17H30N2O.ClH/c1-13(14-5-3-2-4-6-14)11-17(20)19-10-9-15-7-8-16(12-19)18-15;/h13-16,18H,2-12H2,1H3;1H. The summed E-state index contributed by atoms with van der Waals surface area (Å²) < 4.78 is 0. The molecule has 3 atom stereocenters. The predicted octanol–water partition coefficient (Wildman–Crippen LogP) is 3.37. The first-order chi connectivity index (χ1) is 9.72. The molecule has 4 heteroatoms. The molecule has 0 aromatic heterocycles. The van der Waals surface area contributed by atoms with E-state index in [1.54, 1.807) is 0 Å². The van der Waals surface area contributed by atoms with Crippen LogP contribution >= 0.6 is 12.4 Å². The Morgan fingerprint density at radius 1 is 1.10 bits per heavy atom. The lowest BCUT2D eigenvalue weighted by Crippen LogP contribution is -2.40. The van der Waals surface area contributed by atoms with Crippen molar-refractivity contribution in [3.63, 3.8) is 0 Å². The lowest BCUT2D eigenvalue weighted by molar-refractivity contribution is -0.132. The smallest absolute Gasteiger partial charge is 0.222 e. The molecule has 3 nitrogen and oxygen atoms in total. The van der Waals surface area contributed by atoms with Gasteiger partial charge >= 0.3 is 0 Å². The summed E-state index contributed by atoms with van der Waals surface area (Å²) in [5, 5.41) is 3.66. The summed E-state index contributed by atoms with van der Waals surface area (Å²) in [5.74, 6) is 1.79. The van der Waals surface area contributed by atoms with Crippen LogP contribution in [-0.4, -0.2) is 36.0 Å². The third kappa shape index (κ3) is 4.35. The van der Waals surface area contributed by atoms with E-state index in [0.717, 1.165) is 31.8 Å². The van der Waals surface area contributed by atoms with Crippen LogP contribution in [0.5, 0.6) is 0 Å².